The molecule has 0 saturated heterocycles. The second-order valence-electron chi connectivity index (χ2n) is 8.67. The maximum Gasteiger partial charge on any atom is 0.141 e. The van der Waals surface area contributed by atoms with E-state index in [2.05, 4.69) is 99.0 Å². The van der Waals surface area contributed by atoms with Gasteiger partial charge in [0.25, 0.3) is 0 Å². The van der Waals surface area contributed by atoms with Crippen LogP contribution >= 0.6 is 0 Å². The van der Waals surface area contributed by atoms with E-state index in [1.807, 2.05) is 0 Å². The maximum absolute atomic E-state index is 5.97. The zero-order valence-electron chi connectivity index (χ0n) is 19.1. The summed E-state index contributed by atoms with van der Waals surface area (Å²) >= 11 is 0. The van der Waals surface area contributed by atoms with Crippen LogP contribution in [0.15, 0.2) is 66.7 Å². The van der Waals surface area contributed by atoms with Crippen LogP contribution in [0.2, 0.25) is 0 Å². The molecular formula is C28H32N2O. The number of ether oxygens (including phenoxy) is 1. The Morgan fingerprint density at radius 3 is 2.42 bits per heavy atom. The summed E-state index contributed by atoms with van der Waals surface area (Å²) in [5.74, 6) is 2.56. The molecule has 0 atom stereocenters. The molecule has 0 spiro atoms. The number of nitrogens with zero attached hydrogens (tertiary/aromatic N) is 2. The number of hydrogen-bond acceptors (Lipinski definition) is 2. The number of hydrogen-bond donors (Lipinski definition) is 0. The highest BCUT2D eigenvalue weighted by molar-refractivity contribution is 5.81. The SMILES string of the molecule is Cc1ccc(-c2nc3ccccc3n2CCCCOc2ccc(C(C)C)cc2)c(C)c1. The van der Waals surface area contributed by atoms with Gasteiger partial charge in [-0.2, -0.15) is 0 Å². The van der Waals surface area contributed by atoms with E-state index in [0.717, 1.165) is 43.1 Å². The summed E-state index contributed by atoms with van der Waals surface area (Å²) in [7, 11) is 0. The van der Waals surface area contributed by atoms with Gasteiger partial charge in [0.2, 0.25) is 0 Å². The molecule has 0 bridgehead atoms. The topological polar surface area (TPSA) is 27.1 Å². The lowest BCUT2D eigenvalue weighted by Gasteiger charge is -2.12. The summed E-state index contributed by atoms with van der Waals surface area (Å²) in [6, 6.07) is 23.5. The van der Waals surface area contributed by atoms with Crippen molar-refractivity contribution in [2.45, 2.75) is 53.0 Å². The molecule has 4 aromatic rings. The lowest BCUT2D eigenvalue weighted by molar-refractivity contribution is 0.303. The van der Waals surface area contributed by atoms with Crippen LogP contribution < -0.4 is 4.74 Å². The monoisotopic (exact) mass is 412 g/mol. The Balaban J connectivity index is 1.44. The van der Waals surface area contributed by atoms with E-state index < -0.39 is 0 Å². The largest absolute Gasteiger partial charge is 0.494 e. The molecule has 0 aliphatic carbocycles. The van der Waals surface area contributed by atoms with Gasteiger partial charge in [-0.15, -0.1) is 0 Å². The van der Waals surface area contributed by atoms with E-state index in [-0.39, 0.29) is 0 Å². The number of benzene rings is 3. The average molecular weight is 413 g/mol. The molecule has 0 N–H and O–H groups in total. The van der Waals surface area contributed by atoms with Gasteiger partial charge < -0.3 is 9.30 Å². The van der Waals surface area contributed by atoms with Crippen LogP contribution in [0.4, 0.5) is 0 Å². The summed E-state index contributed by atoms with van der Waals surface area (Å²) < 4.78 is 8.34. The van der Waals surface area contributed by atoms with E-state index in [0.29, 0.717) is 5.92 Å². The Kier molecular flexibility index (Phi) is 6.41. The number of unbranched alkanes of at least 4 members (excludes halogenated alkanes) is 1. The first kappa shape index (κ1) is 21.2. The van der Waals surface area contributed by atoms with Crippen molar-refractivity contribution < 1.29 is 4.74 Å². The van der Waals surface area contributed by atoms with E-state index in [1.54, 1.807) is 0 Å². The first-order chi connectivity index (χ1) is 15.0. The van der Waals surface area contributed by atoms with Gasteiger partial charge in [0.1, 0.15) is 11.6 Å². The third-order valence-corrected chi connectivity index (χ3v) is 5.87. The maximum atomic E-state index is 5.97. The van der Waals surface area contributed by atoms with E-state index >= 15 is 0 Å². The predicted molar refractivity (Wildman–Crippen MR) is 130 cm³/mol. The normalized spacial score (nSPS) is 11.4. The minimum absolute atomic E-state index is 0.547. The second-order valence-corrected chi connectivity index (χ2v) is 8.67. The van der Waals surface area contributed by atoms with Crippen molar-refractivity contribution in [3.8, 4) is 17.1 Å². The minimum atomic E-state index is 0.547. The molecule has 0 aliphatic heterocycles. The van der Waals surface area contributed by atoms with Crippen LogP contribution in [0, 0.1) is 13.8 Å². The Bertz CT molecular complexity index is 1160. The predicted octanol–water partition coefficient (Wildman–Crippen LogP) is 7.30. The van der Waals surface area contributed by atoms with Crippen molar-refractivity contribution >= 4 is 11.0 Å². The minimum Gasteiger partial charge on any atom is -0.494 e. The molecule has 160 valence electrons. The van der Waals surface area contributed by atoms with E-state index in [4.69, 9.17) is 9.72 Å². The lowest BCUT2D eigenvalue weighted by Crippen LogP contribution is -2.04. The highest BCUT2D eigenvalue weighted by Crippen LogP contribution is 2.28. The standard InChI is InChI=1S/C28H32N2O/c1-20(2)23-12-14-24(15-13-23)31-18-8-7-17-30-27-10-6-5-9-26(27)29-28(30)25-16-11-21(3)19-22(25)4/h5-6,9-16,19-20H,7-8,17-18H2,1-4H3. The van der Waals surface area contributed by atoms with Crippen molar-refractivity contribution in [1.82, 2.24) is 9.55 Å². The number of aryl methyl sites for hydroxylation is 3. The first-order valence-corrected chi connectivity index (χ1v) is 11.3. The average Bonchev–Trinajstić information content (AvgIpc) is 3.12. The van der Waals surface area contributed by atoms with Crippen molar-refractivity contribution in [3.05, 3.63) is 83.4 Å². The fraction of sp³-hybridized carbons (Fsp3) is 0.321. The van der Waals surface area contributed by atoms with Crippen molar-refractivity contribution in [3.63, 3.8) is 0 Å². The van der Waals surface area contributed by atoms with Gasteiger partial charge in [0, 0.05) is 12.1 Å². The Morgan fingerprint density at radius 2 is 1.68 bits per heavy atom. The van der Waals surface area contributed by atoms with Crippen molar-refractivity contribution in [2.75, 3.05) is 6.61 Å². The molecule has 0 saturated carbocycles. The van der Waals surface area contributed by atoms with Gasteiger partial charge in [-0.3, -0.25) is 0 Å². The van der Waals surface area contributed by atoms with Gasteiger partial charge in [-0.25, -0.2) is 4.98 Å². The number of aromatic nitrogens is 2. The molecule has 1 aromatic heterocycles. The van der Waals surface area contributed by atoms with Crippen LogP contribution in [0.1, 0.15) is 49.3 Å². The molecular weight excluding hydrogens is 380 g/mol. The highest BCUT2D eigenvalue weighted by atomic mass is 16.5. The molecule has 3 nitrogen and oxygen atoms in total. The van der Waals surface area contributed by atoms with Crippen LogP contribution in [0.25, 0.3) is 22.4 Å². The Labute approximate surface area is 185 Å². The summed E-state index contributed by atoms with van der Waals surface area (Å²) in [5, 5.41) is 0. The zero-order valence-corrected chi connectivity index (χ0v) is 19.1. The van der Waals surface area contributed by atoms with Gasteiger partial charge in [0.15, 0.2) is 0 Å². The van der Waals surface area contributed by atoms with Crippen LogP contribution in [0.5, 0.6) is 5.75 Å². The Morgan fingerprint density at radius 1 is 0.903 bits per heavy atom. The Hall–Kier alpha value is -3.07. The van der Waals surface area contributed by atoms with Crippen LogP contribution in [0.3, 0.4) is 0 Å². The molecule has 0 unspecified atom stereocenters. The summed E-state index contributed by atoms with van der Waals surface area (Å²) in [5.41, 5.74) is 7.36. The molecule has 3 aromatic carbocycles. The molecule has 0 amide bonds. The molecule has 1 heterocycles. The number of fused-ring (bicyclic) bond motifs is 1. The highest BCUT2D eigenvalue weighted by Gasteiger charge is 2.14. The molecule has 4 rings (SSSR count). The molecule has 0 aliphatic rings. The smallest absolute Gasteiger partial charge is 0.141 e. The molecule has 31 heavy (non-hydrogen) atoms. The number of para-hydroxylation sites is 2. The van der Waals surface area contributed by atoms with Gasteiger partial charge >= 0.3 is 0 Å². The third-order valence-electron chi connectivity index (χ3n) is 5.87. The number of imidazole rings is 1. The molecule has 0 fully saturated rings. The van der Waals surface area contributed by atoms with Crippen molar-refractivity contribution in [1.29, 1.82) is 0 Å². The van der Waals surface area contributed by atoms with E-state index in [1.165, 1.54) is 27.8 Å². The first-order valence-electron chi connectivity index (χ1n) is 11.3. The summed E-state index contributed by atoms with van der Waals surface area (Å²) in [6.07, 6.45) is 2.05. The fourth-order valence-electron chi connectivity index (χ4n) is 4.08. The van der Waals surface area contributed by atoms with Gasteiger partial charge in [-0.05, 0) is 68.0 Å². The van der Waals surface area contributed by atoms with Crippen LogP contribution in [-0.4, -0.2) is 16.2 Å². The zero-order chi connectivity index (χ0) is 21.8. The van der Waals surface area contributed by atoms with Gasteiger partial charge in [-0.1, -0.05) is 61.9 Å². The molecule has 0 radical (unpaired) electrons. The lowest BCUT2D eigenvalue weighted by atomic mass is 10.0. The summed E-state index contributed by atoms with van der Waals surface area (Å²) in [4.78, 5) is 4.97. The fourth-order valence-corrected chi connectivity index (χ4v) is 4.08. The third kappa shape index (κ3) is 4.82. The second kappa shape index (κ2) is 9.38. The quantitative estimate of drug-likeness (QED) is 0.284. The van der Waals surface area contributed by atoms with E-state index in [9.17, 15) is 0 Å². The van der Waals surface area contributed by atoms with Crippen LogP contribution in [-0.2, 0) is 6.54 Å². The number of rotatable bonds is 8. The molecule has 3 heteroatoms. The summed E-state index contributed by atoms with van der Waals surface area (Å²) in [6.45, 7) is 10.4. The van der Waals surface area contributed by atoms with Gasteiger partial charge in [0.05, 0.1) is 17.6 Å². The van der Waals surface area contributed by atoms with Crippen molar-refractivity contribution in [2.24, 2.45) is 0 Å².